The highest BCUT2D eigenvalue weighted by molar-refractivity contribution is 7.47. The molecule has 2 atom stereocenters. The Morgan fingerprint density at radius 3 is 1.38 bits per heavy atom. The minimum atomic E-state index is -4.32. The number of allylic oxidation sites excluding steroid dienone is 20. The summed E-state index contributed by atoms with van der Waals surface area (Å²) in [7, 11) is 1.56. The van der Waals surface area contributed by atoms with Crippen molar-refractivity contribution in [3.05, 3.63) is 122 Å². The van der Waals surface area contributed by atoms with Crippen molar-refractivity contribution >= 4 is 13.8 Å². The number of phosphoric ester groups is 1. The van der Waals surface area contributed by atoms with Gasteiger partial charge in [-0.05, 0) is 83.5 Å². The van der Waals surface area contributed by atoms with Gasteiger partial charge in [0.2, 0.25) is 0 Å². The normalized spacial score (nSPS) is 15.1. The van der Waals surface area contributed by atoms with Gasteiger partial charge in [0.1, 0.15) is 19.3 Å². The molecule has 0 aromatic rings. The van der Waals surface area contributed by atoms with Crippen molar-refractivity contribution < 1.29 is 37.3 Å². The summed E-state index contributed by atoms with van der Waals surface area (Å²) in [6, 6.07) is 0. The second kappa shape index (κ2) is 37.8. The van der Waals surface area contributed by atoms with Crippen molar-refractivity contribution in [1.29, 1.82) is 0 Å². The van der Waals surface area contributed by atoms with Crippen LogP contribution in [0.15, 0.2) is 122 Å². The Morgan fingerprint density at radius 1 is 0.564 bits per heavy atom. The van der Waals surface area contributed by atoms with Gasteiger partial charge in [-0.2, -0.15) is 0 Å². The first kappa shape index (κ1) is 51.9. The number of ether oxygens (including phenoxy) is 2. The minimum absolute atomic E-state index is 0.0539. The number of esters is 1. The number of hydrogen-bond donors (Lipinski definition) is 1. The van der Waals surface area contributed by atoms with Gasteiger partial charge in [-0.1, -0.05) is 135 Å². The zero-order valence-corrected chi connectivity index (χ0v) is 35.7. The molecule has 9 heteroatoms. The predicted octanol–water partition coefficient (Wildman–Crippen LogP) is 11.8. The summed E-state index contributed by atoms with van der Waals surface area (Å²) in [5, 5.41) is 0. The Labute approximate surface area is 335 Å². The maximum absolute atomic E-state index is 12.6. The van der Waals surface area contributed by atoms with E-state index in [4.69, 9.17) is 18.5 Å². The molecule has 0 aromatic carbocycles. The standard InChI is InChI=1S/C46H74NO7P/c1-6-8-10-12-14-16-18-20-21-22-23-24-25-26-28-30-32-34-36-38-41-51-43-45(44-53-55(49,50)52-42-40-47(3,4)5)54-46(48)39-37-35-33-31-29-27-19-17-15-13-11-9-7-2/h8-11,14-17,20-21,23-24,26-29,32-35,45H,6-7,12-13,18-19,22,25,30-31,36-44H2,1-5H3/p+1/b10-8-,11-9-,16-14-,17-15-,21-20-,24-23-,28-26-,29-27-,34-32-,35-33-. The molecule has 55 heavy (non-hydrogen) atoms. The molecule has 0 spiro atoms. The number of likely N-dealkylation sites (N-methyl/N-ethyl adjacent to an activating group) is 1. The van der Waals surface area contributed by atoms with Crippen molar-refractivity contribution in [2.24, 2.45) is 0 Å². The van der Waals surface area contributed by atoms with Crippen molar-refractivity contribution in [2.75, 3.05) is 54.1 Å². The van der Waals surface area contributed by atoms with Crippen LogP contribution in [0.4, 0.5) is 0 Å². The van der Waals surface area contributed by atoms with Crippen molar-refractivity contribution in [2.45, 2.75) is 110 Å². The molecule has 1 N–H and O–H groups in total. The van der Waals surface area contributed by atoms with Crippen LogP contribution in [0.1, 0.15) is 104 Å². The summed E-state index contributed by atoms with van der Waals surface area (Å²) >= 11 is 0. The highest BCUT2D eigenvalue weighted by Crippen LogP contribution is 2.43. The summed E-state index contributed by atoms with van der Waals surface area (Å²) in [5.74, 6) is -0.420. The lowest BCUT2D eigenvalue weighted by Gasteiger charge is -2.24. The largest absolute Gasteiger partial charge is 0.472 e. The van der Waals surface area contributed by atoms with Gasteiger partial charge in [-0.25, -0.2) is 4.57 Å². The topological polar surface area (TPSA) is 91.3 Å². The summed E-state index contributed by atoms with van der Waals surface area (Å²) in [4.78, 5) is 22.8. The van der Waals surface area contributed by atoms with Gasteiger partial charge in [-0.15, -0.1) is 0 Å². The molecule has 0 saturated heterocycles. The molecular formula is C46H75NO7P+. The van der Waals surface area contributed by atoms with E-state index in [9.17, 15) is 14.3 Å². The molecule has 0 fully saturated rings. The van der Waals surface area contributed by atoms with E-state index in [0.717, 1.165) is 77.0 Å². The molecule has 2 unspecified atom stereocenters. The van der Waals surface area contributed by atoms with Crippen LogP contribution in [-0.4, -0.2) is 75.6 Å². The molecule has 0 saturated carbocycles. The number of rotatable bonds is 35. The summed E-state index contributed by atoms with van der Waals surface area (Å²) in [6.07, 6.45) is 54.1. The van der Waals surface area contributed by atoms with Gasteiger partial charge >= 0.3 is 13.8 Å². The zero-order chi connectivity index (χ0) is 40.6. The second-order valence-electron chi connectivity index (χ2n) is 13.9. The first-order valence-electron chi connectivity index (χ1n) is 20.3. The first-order valence-corrected chi connectivity index (χ1v) is 21.8. The Balaban J connectivity index is 4.50. The van der Waals surface area contributed by atoms with Crippen molar-refractivity contribution in [1.82, 2.24) is 0 Å². The number of quaternary nitrogens is 1. The molecule has 0 aliphatic carbocycles. The van der Waals surface area contributed by atoms with Crippen LogP contribution in [0.25, 0.3) is 0 Å². The number of nitrogens with zero attached hydrogens (tertiary/aromatic N) is 1. The third kappa shape index (κ3) is 41.9. The quantitative estimate of drug-likeness (QED) is 0.0225. The fourth-order valence-corrected chi connectivity index (χ4v) is 5.20. The molecule has 0 bridgehead atoms. The number of hydrogen-bond acceptors (Lipinski definition) is 6. The molecule has 0 radical (unpaired) electrons. The average molecular weight is 785 g/mol. The van der Waals surface area contributed by atoms with E-state index in [1.165, 1.54) is 0 Å². The van der Waals surface area contributed by atoms with Crippen LogP contribution in [0.5, 0.6) is 0 Å². The molecule has 0 aliphatic rings. The van der Waals surface area contributed by atoms with E-state index < -0.39 is 19.9 Å². The monoisotopic (exact) mass is 785 g/mol. The summed E-state index contributed by atoms with van der Waals surface area (Å²) in [6.45, 7) is 5.07. The Hall–Kier alpha value is -3.10. The maximum Gasteiger partial charge on any atom is 0.472 e. The highest BCUT2D eigenvalue weighted by Gasteiger charge is 2.26. The van der Waals surface area contributed by atoms with E-state index in [-0.39, 0.29) is 26.2 Å². The SMILES string of the molecule is CC/C=C\C/C=C\C/C=C\C/C=C\C/C=C\C/C=C\CCCOCC(COP(=O)(O)OCC[N+](C)(C)C)OC(=O)CC/C=C\C/C=C\C/C=C\C/C=C\CC. The Morgan fingerprint density at radius 2 is 0.964 bits per heavy atom. The molecule has 0 aliphatic heterocycles. The highest BCUT2D eigenvalue weighted by atomic mass is 31.2. The smallest absolute Gasteiger partial charge is 0.457 e. The molecule has 0 heterocycles. The van der Waals surface area contributed by atoms with E-state index in [1.54, 1.807) is 0 Å². The van der Waals surface area contributed by atoms with Gasteiger partial charge in [0.25, 0.3) is 0 Å². The molecule has 310 valence electrons. The molecule has 0 aromatic heterocycles. The lowest BCUT2D eigenvalue weighted by Crippen LogP contribution is -2.37. The Bertz CT molecular complexity index is 1280. The Kier molecular flexibility index (Phi) is 35.7. The fourth-order valence-electron chi connectivity index (χ4n) is 4.46. The molecular weight excluding hydrogens is 709 g/mol. The number of phosphoric acid groups is 1. The van der Waals surface area contributed by atoms with Crippen LogP contribution >= 0.6 is 7.82 Å². The van der Waals surface area contributed by atoms with Gasteiger partial charge in [0, 0.05) is 13.0 Å². The zero-order valence-electron chi connectivity index (χ0n) is 34.9. The lowest BCUT2D eigenvalue weighted by molar-refractivity contribution is -0.870. The third-order valence-corrected chi connectivity index (χ3v) is 8.52. The predicted molar refractivity (Wildman–Crippen MR) is 233 cm³/mol. The molecule has 0 rings (SSSR count). The lowest BCUT2D eigenvalue weighted by atomic mass is 10.2. The first-order chi connectivity index (χ1) is 26.6. The van der Waals surface area contributed by atoms with Crippen molar-refractivity contribution in [3.8, 4) is 0 Å². The van der Waals surface area contributed by atoms with E-state index >= 15 is 0 Å². The van der Waals surface area contributed by atoms with Crippen LogP contribution in [0.2, 0.25) is 0 Å². The minimum Gasteiger partial charge on any atom is -0.457 e. The van der Waals surface area contributed by atoms with E-state index in [2.05, 4.69) is 123 Å². The third-order valence-electron chi connectivity index (χ3n) is 7.53. The number of carbonyl (C=O) groups is 1. The number of carbonyl (C=O) groups excluding carboxylic acids is 1. The average Bonchev–Trinajstić information content (AvgIpc) is 3.13. The van der Waals surface area contributed by atoms with Crippen LogP contribution in [-0.2, 0) is 27.9 Å². The second-order valence-corrected chi connectivity index (χ2v) is 15.3. The maximum atomic E-state index is 12.6. The van der Waals surface area contributed by atoms with E-state index in [0.29, 0.717) is 24.1 Å². The molecule has 0 amide bonds. The van der Waals surface area contributed by atoms with Gasteiger partial charge in [0.05, 0.1) is 34.4 Å². The van der Waals surface area contributed by atoms with Gasteiger partial charge in [0.15, 0.2) is 0 Å². The van der Waals surface area contributed by atoms with Crippen LogP contribution in [0, 0.1) is 0 Å². The molecule has 8 nitrogen and oxygen atoms in total. The van der Waals surface area contributed by atoms with Crippen LogP contribution < -0.4 is 0 Å². The summed E-state index contributed by atoms with van der Waals surface area (Å²) in [5.41, 5.74) is 0. The summed E-state index contributed by atoms with van der Waals surface area (Å²) < 4.78 is 34.7. The van der Waals surface area contributed by atoms with Crippen molar-refractivity contribution in [3.63, 3.8) is 0 Å². The fraction of sp³-hybridized carbons (Fsp3) is 0.543. The van der Waals surface area contributed by atoms with Gasteiger partial charge < -0.3 is 18.9 Å². The number of unbranched alkanes of at least 4 members (excludes halogenated alkanes) is 1. The van der Waals surface area contributed by atoms with Gasteiger partial charge in [-0.3, -0.25) is 13.8 Å². The van der Waals surface area contributed by atoms with E-state index in [1.807, 2.05) is 33.3 Å². The van der Waals surface area contributed by atoms with Crippen LogP contribution in [0.3, 0.4) is 0 Å².